The summed E-state index contributed by atoms with van der Waals surface area (Å²) in [5.74, 6) is 0.547. The molecule has 1 unspecified atom stereocenters. The Balaban J connectivity index is 2.37. The van der Waals surface area contributed by atoms with E-state index in [9.17, 15) is 9.90 Å². The van der Waals surface area contributed by atoms with Gasteiger partial charge in [-0.3, -0.25) is 9.69 Å². The molecule has 21 heavy (non-hydrogen) atoms. The van der Waals surface area contributed by atoms with E-state index in [1.807, 2.05) is 18.9 Å². The lowest BCUT2D eigenvalue weighted by atomic mass is 10.3. The van der Waals surface area contributed by atoms with Crippen molar-refractivity contribution < 1.29 is 14.6 Å². The minimum atomic E-state index is -0.565. The molecule has 0 aliphatic carbocycles. The summed E-state index contributed by atoms with van der Waals surface area (Å²) in [7, 11) is 1.93. The monoisotopic (exact) mass is 292 g/mol. The van der Waals surface area contributed by atoms with E-state index < -0.39 is 6.10 Å². The van der Waals surface area contributed by atoms with Gasteiger partial charge >= 0.3 is 0 Å². The van der Waals surface area contributed by atoms with Crippen LogP contribution in [0.2, 0.25) is 0 Å². The second kappa shape index (κ2) is 8.44. The molecule has 5 nitrogen and oxygen atoms in total. The van der Waals surface area contributed by atoms with Crippen molar-refractivity contribution in [2.45, 2.75) is 20.0 Å². The van der Waals surface area contributed by atoms with E-state index in [0.29, 0.717) is 12.3 Å². The Morgan fingerprint density at radius 2 is 2.00 bits per heavy atom. The van der Waals surface area contributed by atoms with E-state index in [1.165, 1.54) is 6.92 Å². The van der Waals surface area contributed by atoms with Gasteiger partial charge in [0.15, 0.2) is 0 Å². The first kappa shape index (κ1) is 17.2. The van der Waals surface area contributed by atoms with Crippen LogP contribution in [0.1, 0.15) is 13.8 Å². The minimum absolute atomic E-state index is 0.111. The van der Waals surface area contributed by atoms with Crippen molar-refractivity contribution in [3.8, 4) is 5.75 Å². The fraction of sp³-hybridized carbons (Fsp3) is 0.438. The molecule has 1 aromatic carbocycles. The van der Waals surface area contributed by atoms with Gasteiger partial charge in [0.25, 0.3) is 0 Å². The highest BCUT2D eigenvalue weighted by atomic mass is 16.5. The summed E-state index contributed by atoms with van der Waals surface area (Å²) in [4.78, 5) is 12.9. The van der Waals surface area contributed by atoms with E-state index in [1.54, 1.807) is 24.3 Å². The quantitative estimate of drug-likeness (QED) is 0.718. The Labute approximate surface area is 126 Å². The highest BCUT2D eigenvalue weighted by Gasteiger charge is 2.09. The van der Waals surface area contributed by atoms with Crippen LogP contribution in [0.25, 0.3) is 0 Å². The normalized spacial score (nSPS) is 12.0. The third kappa shape index (κ3) is 7.48. The first-order valence-corrected chi connectivity index (χ1v) is 6.88. The number of ether oxygens (including phenoxy) is 1. The number of carbonyl (C=O) groups excluding carboxylic acids is 1. The molecule has 0 saturated carbocycles. The number of amides is 1. The predicted octanol–water partition coefficient (Wildman–Crippen LogP) is 1.89. The molecular weight excluding hydrogens is 268 g/mol. The van der Waals surface area contributed by atoms with E-state index in [2.05, 4.69) is 11.9 Å². The van der Waals surface area contributed by atoms with Crippen LogP contribution in [0.3, 0.4) is 0 Å². The molecule has 0 aliphatic rings. The van der Waals surface area contributed by atoms with Gasteiger partial charge in [0.1, 0.15) is 18.5 Å². The molecule has 0 heterocycles. The van der Waals surface area contributed by atoms with Crippen LogP contribution in [0.5, 0.6) is 5.75 Å². The summed E-state index contributed by atoms with van der Waals surface area (Å²) in [6.45, 7) is 8.75. The van der Waals surface area contributed by atoms with Crippen molar-refractivity contribution >= 4 is 11.6 Å². The second-order valence-electron chi connectivity index (χ2n) is 5.32. The molecule has 0 fully saturated rings. The molecule has 0 saturated heterocycles. The molecule has 2 N–H and O–H groups in total. The summed E-state index contributed by atoms with van der Waals surface area (Å²) < 4.78 is 5.52. The maximum atomic E-state index is 10.9. The van der Waals surface area contributed by atoms with Crippen LogP contribution in [0, 0.1) is 0 Å². The molecule has 0 bridgehead atoms. The lowest BCUT2D eigenvalue weighted by molar-refractivity contribution is -0.114. The van der Waals surface area contributed by atoms with Crippen molar-refractivity contribution in [3.63, 3.8) is 0 Å². The molecule has 0 spiro atoms. The zero-order chi connectivity index (χ0) is 15.8. The predicted molar refractivity (Wildman–Crippen MR) is 84.6 cm³/mol. The molecule has 1 atom stereocenters. The average molecular weight is 292 g/mol. The number of anilines is 1. The number of hydrogen-bond acceptors (Lipinski definition) is 4. The van der Waals surface area contributed by atoms with Gasteiger partial charge in [-0.15, -0.1) is 0 Å². The highest BCUT2D eigenvalue weighted by molar-refractivity contribution is 5.88. The topological polar surface area (TPSA) is 61.8 Å². The van der Waals surface area contributed by atoms with Gasteiger partial charge in [0, 0.05) is 25.7 Å². The maximum Gasteiger partial charge on any atom is 0.221 e. The van der Waals surface area contributed by atoms with E-state index in [0.717, 1.165) is 17.8 Å². The number of benzene rings is 1. The van der Waals surface area contributed by atoms with Gasteiger partial charge in [0.2, 0.25) is 5.91 Å². The first-order valence-electron chi connectivity index (χ1n) is 6.88. The fourth-order valence-electron chi connectivity index (χ4n) is 1.97. The lowest BCUT2D eigenvalue weighted by Gasteiger charge is -2.20. The second-order valence-corrected chi connectivity index (χ2v) is 5.32. The van der Waals surface area contributed by atoms with E-state index >= 15 is 0 Å². The number of likely N-dealkylation sites (N-methyl/N-ethyl adjacent to an activating group) is 1. The number of aliphatic hydroxyl groups excluding tert-OH is 1. The van der Waals surface area contributed by atoms with Crippen molar-refractivity contribution in [1.29, 1.82) is 0 Å². The Morgan fingerprint density at radius 1 is 1.38 bits per heavy atom. The minimum Gasteiger partial charge on any atom is -0.491 e. The van der Waals surface area contributed by atoms with Crippen molar-refractivity contribution in [1.82, 2.24) is 4.90 Å². The summed E-state index contributed by atoms with van der Waals surface area (Å²) in [5.41, 5.74) is 1.77. The molecule has 1 aromatic rings. The Morgan fingerprint density at radius 3 is 2.52 bits per heavy atom. The lowest BCUT2D eigenvalue weighted by Crippen LogP contribution is -2.33. The number of hydrogen-bond donors (Lipinski definition) is 2. The van der Waals surface area contributed by atoms with Gasteiger partial charge < -0.3 is 15.2 Å². The van der Waals surface area contributed by atoms with Crippen LogP contribution < -0.4 is 10.1 Å². The van der Waals surface area contributed by atoms with Gasteiger partial charge in [-0.1, -0.05) is 12.2 Å². The third-order valence-electron chi connectivity index (χ3n) is 2.68. The highest BCUT2D eigenvalue weighted by Crippen LogP contribution is 2.15. The fourth-order valence-corrected chi connectivity index (χ4v) is 1.97. The van der Waals surface area contributed by atoms with Crippen LogP contribution in [-0.4, -0.2) is 48.8 Å². The molecule has 0 radical (unpaired) electrons. The number of aliphatic hydroxyl groups is 1. The summed E-state index contributed by atoms with van der Waals surface area (Å²) >= 11 is 0. The smallest absolute Gasteiger partial charge is 0.221 e. The first-order chi connectivity index (χ1) is 9.86. The third-order valence-corrected chi connectivity index (χ3v) is 2.68. The Bertz CT molecular complexity index is 471. The number of rotatable bonds is 8. The van der Waals surface area contributed by atoms with Crippen molar-refractivity contribution in [2.24, 2.45) is 0 Å². The van der Waals surface area contributed by atoms with Crippen LogP contribution >= 0.6 is 0 Å². The standard InChI is InChI=1S/C16H24N2O3/c1-12(2)9-18(4)10-15(20)11-21-16-7-5-14(6-8-16)17-13(3)19/h5-8,15,20H,1,9-11H2,2-4H3,(H,17,19). The number of nitrogens with one attached hydrogen (secondary N) is 1. The van der Waals surface area contributed by atoms with Crippen LogP contribution in [-0.2, 0) is 4.79 Å². The van der Waals surface area contributed by atoms with Crippen molar-refractivity contribution in [2.75, 3.05) is 32.1 Å². The zero-order valence-electron chi connectivity index (χ0n) is 12.9. The van der Waals surface area contributed by atoms with Crippen LogP contribution in [0.15, 0.2) is 36.4 Å². The molecule has 0 aromatic heterocycles. The van der Waals surface area contributed by atoms with Crippen molar-refractivity contribution in [3.05, 3.63) is 36.4 Å². The summed E-state index contributed by atoms with van der Waals surface area (Å²) in [5, 5.41) is 12.6. The van der Waals surface area contributed by atoms with Gasteiger partial charge in [-0.25, -0.2) is 0 Å². The molecule has 116 valence electrons. The average Bonchev–Trinajstić information content (AvgIpc) is 2.36. The number of nitrogens with zero attached hydrogens (tertiary/aromatic N) is 1. The SMILES string of the molecule is C=C(C)CN(C)CC(O)COc1ccc(NC(C)=O)cc1. The summed E-state index contributed by atoms with van der Waals surface area (Å²) in [6, 6.07) is 7.04. The maximum absolute atomic E-state index is 10.9. The Hall–Kier alpha value is -1.85. The van der Waals surface area contributed by atoms with E-state index in [-0.39, 0.29) is 12.5 Å². The molecule has 5 heteroatoms. The molecular formula is C16H24N2O3. The zero-order valence-corrected chi connectivity index (χ0v) is 12.9. The summed E-state index contributed by atoms with van der Waals surface area (Å²) in [6.07, 6.45) is -0.565. The van der Waals surface area contributed by atoms with Gasteiger partial charge in [0.05, 0.1) is 0 Å². The molecule has 1 rings (SSSR count). The Kier molecular flexibility index (Phi) is 6.91. The van der Waals surface area contributed by atoms with Gasteiger partial charge in [-0.2, -0.15) is 0 Å². The molecule has 0 aliphatic heterocycles. The van der Waals surface area contributed by atoms with Gasteiger partial charge in [-0.05, 0) is 38.2 Å². The number of carbonyl (C=O) groups is 1. The largest absolute Gasteiger partial charge is 0.491 e. The molecule has 1 amide bonds. The van der Waals surface area contributed by atoms with E-state index in [4.69, 9.17) is 4.74 Å². The van der Waals surface area contributed by atoms with Crippen LogP contribution in [0.4, 0.5) is 5.69 Å².